The van der Waals surface area contributed by atoms with Gasteiger partial charge in [-0.05, 0) is 31.4 Å². The summed E-state index contributed by atoms with van der Waals surface area (Å²) < 4.78 is 0. The summed E-state index contributed by atoms with van der Waals surface area (Å²) in [6.07, 6.45) is 3.62. The number of benzene rings is 1. The lowest BCUT2D eigenvalue weighted by atomic mass is 9.75. The zero-order chi connectivity index (χ0) is 14.9. The van der Waals surface area contributed by atoms with Gasteiger partial charge in [0.15, 0.2) is 0 Å². The van der Waals surface area contributed by atoms with Crippen molar-refractivity contribution in [1.82, 2.24) is 4.90 Å². The van der Waals surface area contributed by atoms with Crippen LogP contribution in [0.1, 0.15) is 25.7 Å². The molecule has 0 bridgehead atoms. The third kappa shape index (κ3) is 3.16. The average Bonchev–Trinajstić information content (AvgIpc) is 2.46. The lowest BCUT2D eigenvalue weighted by molar-refractivity contribution is -0.133. The smallest absolute Gasteiger partial charge is 0.224 e. The molecule has 1 heterocycles. The Balaban J connectivity index is 1.55. The van der Waals surface area contributed by atoms with E-state index in [2.05, 4.69) is 4.90 Å². The number of piperazine rings is 1. The number of hydrogen-bond acceptors (Lipinski definition) is 3. The Kier molecular flexibility index (Phi) is 4.09. The maximum Gasteiger partial charge on any atom is 0.224 e. The minimum atomic E-state index is -0.225. The highest BCUT2D eigenvalue weighted by molar-refractivity contribution is 6.33. The molecule has 2 N–H and O–H groups in total. The molecule has 4 nitrogen and oxygen atoms in total. The summed E-state index contributed by atoms with van der Waals surface area (Å²) >= 11 is 6.23. The van der Waals surface area contributed by atoms with Crippen molar-refractivity contribution in [3.05, 3.63) is 29.3 Å². The Morgan fingerprint density at radius 3 is 2.43 bits per heavy atom. The van der Waals surface area contributed by atoms with Crippen molar-refractivity contribution < 1.29 is 4.79 Å². The van der Waals surface area contributed by atoms with Gasteiger partial charge in [0.05, 0.1) is 10.7 Å². The van der Waals surface area contributed by atoms with Crippen molar-refractivity contribution in [3.63, 3.8) is 0 Å². The van der Waals surface area contributed by atoms with E-state index in [1.165, 1.54) is 0 Å². The second kappa shape index (κ2) is 5.85. The highest BCUT2D eigenvalue weighted by Crippen LogP contribution is 2.33. The molecule has 1 saturated heterocycles. The number of anilines is 1. The molecule has 1 aromatic carbocycles. The van der Waals surface area contributed by atoms with Crippen LogP contribution in [-0.4, -0.2) is 42.5 Å². The molecule has 1 aliphatic carbocycles. The maximum atomic E-state index is 12.3. The molecule has 1 saturated carbocycles. The van der Waals surface area contributed by atoms with Gasteiger partial charge in [-0.25, -0.2) is 0 Å². The number of halogens is 1. The zero-order valence-electron chi connectivity index (χ0n) is 12.2. The first-order valence-electron chi connectivity index (χ1n) is 7.64. The molecule has 1 aliphatic heterocycles. The lowest BCUT2D eigenvalue weighted by Crippen LogP contribution is -2.54. The molecule has 0 atom stereocenters. The van der Waals surface area contributed by atoms with E-state index in [0.717, 1.165) is 56.2 Å². The van der Waals surface area contributed by atoms with Crippen molar-refractivity contribution >= 4 is 23.2 Å². The molecule has 3 rings (SSSR count). The summed E-state index contributed by atoms with van der Waals surface area (Å²) in [5.74, 6) is 0.205. The fourth-order valence-corrected chi connectivity index (χ4v) is 3.38. The summed E-state index contributed by atoms with van der Waals surface area (Å²) in [5, 5.41) is 0.771. The van der Waals surface area contributed by atoms with Crippen molar-refractivity contribution in [1.29, 1.82) is 0 Å². The molecule has 2 fully saturated rings. The molecular weight excluding hydrogens is 286 g/mol. The highest BCUT2D eigenvalue weighted by atomic mass is 35.5. The summed E-state index contributed by atoms with van der Waals surface area (Å²) in [4.78, 5) is 16.5. The van der Waals surface area contributed by atoms with Crippen LogP contribution in [0.4, 0.5) is 5.69 Å². The maximum absolute atomic E-state index is 12.3. The van der Waals surface area contributed by atoms with Gasteiger partial charge in [-0.1, -0.05) is 23.7 Å². The van der Waals surface area contributed by atoms with Crippen LogP contribution in [0.15, 0.2) is 24.3 Å². The highest BCUT2D eigenvalue weighted by Gasteiger charge is 2.36. The number of nitrogens with two attached hydrogens (primary N) is 1. The second-order valence-corrected chi connectivity index (χ2v) is 6.62. The van der Waals surface area contributed by atoms with Crippen LogP contribution in [0.2, 0.25) is 5.02 Å². The van der Waals surface area contributed by atoms with E-state index in [1.54, 1.807) is 0 Å². The number of carbonyl (C=O) groups excluding carboxylic acids is 1. The topological polar surface area (TPSA) is 49.6 Å². The fraction of sp³-hybridized carbons (Fsp3) is 0.562. The molecule has 1 amide bonds. The zero-order valence-corrected chi connectivity index (χ0v) is 13.0. The third-order valence-corrected chi connectivity index (χ3v) is 5.00. The standard InChI is InChI=1S/C16H22ClN3O/c17-13-4-1-2-5-14(13)19-8-10-20(11-9-19)15(21)12-16(18)6-3-7-16/h1-2,4-5H,3,6-12,18H2. The number of amides is 1. The molecule has 21 heavy (non-hydrogen) atoms. The van der Waals surface area contributed by atoms with Crippen LogP contribution in [-0.2, 0) is 4.79 Å². The van der Waals surface area contributed by atoms with E-state index in [4.69, 9.17) is 17.3 Å². The molecule has 0 aromatic heterocycles. The monoisotopic (exact) mass is 307 g/mol. The molecule has 5 heteroatoms. The van der Waals surface area contributed by atoms with Crippen LogP contribution in [0.3, 0.4) is 0 Å². The first-order chi connectivity index (χ1) is 10.1. The van der Waals surface area contributed by atoms with Crippen LogP contribution in [0.25, 0.3) is 0 Å². The van der Waals surface area contributed by atoms with Gasteiger partial charge in [0.1, 0.15) is 0 Å². The second-order valence-electron chi connectivity index (χ2n) is 6.21. The molecule has 0 radical (unpaired) electrons. The van der Waals surface area contributed by atoms with Gasteiger partial charge in [-0.2, -0.15) is 0 Å². The molecule has 114 valence electrons. The van der Waals surface area contributed by atoms with E-state index < -0.39 is 0 Å². The third-order valence-electron chi connectivity index (χ3n) is 4.68. The number of nitrogens with zero attached hydrogens (tertiary/aromatic N) is 2. The van der Waals surface area contributed by atoms with E-state index in [9.17, 15) is 4.79 Å². The SMILES string of the molecule is NC1(CC(=O)N2CCN(c3ccccc3Cl)CC2)CCC1. The summed E-state index contributed by atoms with van der Waals surface area (Å²) in [6.45, 7) is 3.15. The Morgan fingerprint density at radius 2 is 1.86 bits per heavy atom. The molecule has 0 spiro atoms. The van der Waals surface area contributed by atoms with Crippen molar-refractivity contribution in [2.24, 2.45) is 5.73 Å². The van der Waals surface area contributed by atoms with Gasteiger partial charge in [0.25, 0.3) is 0 Å². The van der Waals surface area contributed by atoms with Crippen LogP contribution < -0.4 is 10.6 Å². The first kappa shape index (κ1) is 14.7. The normalized spacial score (nSPS) is 21.0. The van der Waals surface area contributed by atoms with Crippen molar-refractivity contribution in [3.8, 4) is 0 Å². The lowest BCUT2D eigenvalue weighted by Gasteiger charge is -2.41. The molecular formula is C16H22ClN3O. The van der Waals surface area contributed by atoms with Gasteiger partial charge >= 0.3 is 0 Å². The van der Waals surface area contributed by atoms with E-state index >= 15 is 0 Å². The number of para-hydroxylation sites is 1. The predicted octanol–water partition coefficient (Wildman–Crippen LogP) is 2.26. The van der Waals surface area contributed by atoms with Crippen LogP contribution >= 0.6 is 11.6 Å². The van der Waals surface area contributed by atoms with Gasteiger partial charge in [-0.15, -0.1) is 0 Å². The van der Waals surface area contributed by atoms with Gasteiger partial charge in [-0.3, -0.25) is 4.79 Å². The van der Waals surface area contributed by atoms with Crippen LogP contribution in [0, 0.1) is 0 Å². The summed E-state index contributed by atoms with van der Waals surface area (Å²) in [5.41, 5.74) is 7.00. The van der Waals surface area contributed by atoms with E-state index in [-0.39, 0.29) is 11.4 Å². The van der Waals surface area contributed by atoms with Crippen molar-refractivity contribution in [2.75, 3.05) is 31.1 Å². The number of rotatable bonds is 3. The van der Waals surface area contributed by atoms with Crippen LogP contribution in [0.5, 0.6) is 0 Å². The van der Waals surface area contributed by atoms with Crippen molar-refractivity contribution in [2.45, 2.75) is 31.2 Å². The largest absolute Gasteiger partial charge is 0.367 e. The Labute approximate surface area is 130 Å². The van der Waals surface area contributed by atoms with E-state index in [0.29, 0.717) is 6.42 Å². The molecule has 2 aliphatic rings. The number of hydrogen-bond donors (Lipinski definition) is 1. The molecule has 0 unspecified atom stereocenters. The minimum Gasteiger partial charge on any atom is -0.367 e. The Bertz CT molecular complexity index is 522. The fourth-order valence-electron chi connectivity index (χ4n) is 3.13. The Hall–Kier alpha value is -1.26. The van der Waals surface area contributed by atoms with Gasteiger partial charge < -0.3 is 15.5 Å². The summed E-state index contributed by atoms with van der Waals surface area (Å²) in [7, 11) is 0. The predicted molar refractivity (Wildman–Crippen MR) is 85.6 cm³/mol. The average molecular weight is 308 g/mol. The summed E-state index contributed by atoms with van der Waals surface area (Å²) in [6, 6.07) is 7.87. The van der Waals surface area contributed by atoms with Gasteiger partial charge in [0.2, 0.25) is 5.91 Å². The van der Waals surface area contributed by atoms with Gasteiger partial charge in [0, 0.05) is 38.1 Å². The first-order valence-corrected chi connectivity index (χ1v) is 8.01. The van der Waals surface area contributed by atoms with E-state index in [1.807, 2.05) is 29.2 Å². The number of carbonyl (C=O) groups is 1. The Morgan fingerprint density at radius 1 is 1.19 bits per heavy atom. The molecule has 1 aromatic rings. The minimum absolute atomic E-state index is 0.205. The quantitative estimate of drug-likeness (QED) is 0.932.